The zero-order valence-corrected chi connectivity index (χ0v) is 15.4. The summed E-state index contributed by atoms with van der Waals surface area (Å²) in [4.78, 5) is 36.1. The summed E-state index contributed by atoms with van der Waals surface area (Å²) in [6, 6.07) is 7.81. The fraction of sp³-hybridized carbons (Fsp3) is 0.368. The second-order valence-corrected chi connectivity index (χ2v) is 6.47. The molecule has 1 N–H and O–H groups in total. The second-order valence-electron chi connectivity index (χ2n) is 6.47. The molecule has 0 radical (unpaired) electrons. The number of hydrogen-bond donors (Lipinski definition) is 1. The molecule has 0 bridgehead atoms. The van der Waals surface area contributed by atoms with Crippen LogP contribution in [0.3, 0.4) is 0 Å². The van der Waals surface area contributed by atoms with E-state index in [1.54, 1.807) is 12.1 Å². The number of carbonyl (C=O) groups is 2. The van der Waals surface area contributed by atoms with Crippen molar-refractivity contribution in [3.63, 3.8) is 0 Å². The first-order chi connectivity index (χ1) is 12.8. The van der Waals surface area contributed by atoms with Gasteiger partial charge in [0.25, 0.3) is 5.56 Å². The molecule has 2 aromatic rings. The molecule has 1 atom stereocenters. The highest BCUT2D eigenvalue weighted by atomic mass is 19.1. The summed E-state index contributed by atoms with van der Waals surface area (Å²) in [5.74, 6) is -1.45. The van der Waals surface area contributed by atoms with Crippen molar-refractivity contribution in [1.29, 1.82) is 0 Å². The van der Waals surface area contributed by atoms with Gasteiger partial charge in [0.15, 0.2) is 0 Å². The molecule has 144 valence electrons. The highest BCUT2D eigenvalue weighted by molar-refractivity contribution is 5.84. The number of methoxy groups -OCH3 is 1. The van der Waals surface area contributed by atoms with Crippen LogP contribution in [-0.4, -0.2) is 34.8 Å². The molecule has 1 amide bonds. The van der Waals surface area contributed by atoms with Gasteiger partial charge < -0.3 is 10.1 Å². The monoisotopic (exact) mass is 375 g/mol. The van der Waals surface area contributed by atoms with Crippen molar-refractivity contribution < 1.29 is 18.7 Å². The van der Waals surface area contributed by atoms with E-state index in [0.29, 0.717) is 6.42 Å². The Labute approximate surface area is 156 Å². The quantitative estimate of drug-likeness (QED) is 0.745. The number of halogens is 1. The van der Waals surface area contributed by atoms with Crippen molar-refractivity contribution in [2.45, 2.75) is 32.9 Å². The Hall–Kier alpha value is -3.03. The summed E-state index contributed by atoms with van der Waals surface area (Å²) in [6.07, 6.45) is 0.399. The Kier molecular flexibility index (Phi) is 6.81. The van der Waals surface area contributed by atoms with Crippen molar-refractivity contribution in [3.8, 4) is 11.3 Å². The number of aromatic nitrogens is 2. The highest BCUT2D eigenvalue weighted by Gasteiger charge is 2.23. The van der Waals surface area contributed by atoms with Gasteiger partial charge in [-0.15, -0.1) is 0 Å². The fourth-order valence-electron chi connectivity index (χ4n) is 2.58. The summed E-state index contributed by atoms with van der Waals surface area (Å²) in [7, 11) is 1.24. The molecule has 0 saturated heterocycles. The van der Waals surface area contributed by atoms with Gasteiger partial charge in [-0.1, -0.05) is 26.0 Å². The number of benzene rings is 1. The molecule has 8 heteroatoms. The van der Waals surface area contributed by atoms with Gasteiger partial charge in [-0.2, -0.15) is 5.10 Å². The fourth-order valence-corrected chi connectivity index (χ4v) is 2.58. The van der Waals surface area contributed by atoms with Gasteiger partial charge in [0, 0.05) is 11.6 Å². The third kappa shape index (κ3) is 5.47. The van der Waals surface area contributed by atoms with Crippen molar-refractivity contribution in [3.05, 3.63) is 52.6 Å². The van der Waals surface area contributed by atoms with Crippen LogP contribution in [0, 0.1) is 11.7 Å². The van der Waals surface area contributed by atoms with Crippen molar-refractivity contribution in [1.82, 2.24) is 15.1 Å². The maximum atomic E-state index is 13.9. The predicted molar refractivity (Wildman–Crippen MR) is 97.3 cm³/mol. The molecule has 1 heterocycles. The molecular weight excluding hydrogens is 353 g/mol. The molecular formula is C19H22FN3O4. The number of nitrogens with one attached hydrogen (secondary N) is 1. The maximum Gasteiger partial charge on any atom is 0.328 e. The lowest BCUT2D eigenvalue weighted by Crippen LogP contribution is -2.44. The van der Waals surface area contributed by atoms with Crippen molar-refractivity contribution in [2.75, 3.05) is 7.11 Å². The number of amides is 1. The van der Waals surface area contributed by atoms with Gasteiger partial charge in [-0.05, 0) is 30.5 Å². The first-order valence-corrected chi connectivity index (χ1v) is 8.52. The number of carbonyl (C=O) groups excluding carboxylic acids is 2. The molecule has 0 aliphatic heterocycles. The number of hydrogen-bond acceptors (Lipinski definition) is 5. The van der Waals surface area contributed by atoms with Gasteiger partial charge in [-0.3, -0.25) is 9.59 Å². The van der Waals surface area contributed by atoms with Gasteiger partial charge >= 0.3 is 5.97 Å². The van der Waals surface area contributed by atoms with Crippen LogP contribution in [0.1, 0.15) is 20.3 Å². The van der Waals surface area contributed by atoms with E-state index in [-0.39, 0.29) is 17.2 Å². The molecule has 0 saturated carbocycles. The van der Waals surface area contributed by atoms with E-state index in [1.807, 2.05) is 13.8 Å². The van der Waals surface area contributed by atoms with Crippen LogP contribution in [0.5, 0.6) is 0 Å². The maximum absolute atomic E-state index is 13.9. The summed E-state index contributed by atoms with van der Waals surface area (Å²) in [6.45, 7) is 3.42. The first-order valence-electron chi connectivity index (χ1n) is 8.52. The third-order valence-corrected chi connectivity index (χ3v) is 3.84. The summed E-state index contributed by atoms with van der Waals surface area (Å²) in [5, 5.41) is 6.62. The zero-order chi connectivity index (χ0) is 20.0. The van der Waals surface area contributed by atoms with E-state index in [4.69, 9.17) is 4.74 Å². The predicted octanol–water partition coefficient (Wildman–Crippen LogP) is 1.75. The lowest BCUT2D eigenvalue weighted by Gasteiger charge is -2.18. The van der Waals surface area contributed by atoms with E-state index in [9.17, 15) is 18.8 Å². The van der Waals surface area contributed by atoms with Crippen LogP contribution in [0.2, 0.25) is 0 Å². The molecule has 0 unspecified atom stereocenters. The van der Waals surface area contributed by atoms with Crippen molar-refractivity contribution in [2.24, 2.45) is 5.92 Å². The second kappa shape index (κ2) is 9.07. The zero-order valence-electron chi connectivity index (χ0n) is 15.4. The largest absolute Gasteiger partial charge is 0.467 e. The Balaban J connectivity index is 2.20. The minimum atomic E-state index is -0.812. The van der Waals surface area contributed by atoms with Gasteiger partial charge in [0.05, 0.1) is 12.8 Å². The lowest BCUT2D eigenvalue weighted by atomic mass is 10.0. The molecule has 2 rings (SSSR count). The Morgan fingerprint density at radius 3 is 2.56 bits per heavy atom. The van der Waals surface area contributed by atoms with Gasteiger partial charge in [0.1, 0.15) is 18.4 Å². The van der Waals surface area contributed by atoms with Crippen LogP contribution in [0.15, 0.2) is 41.2 Å². The average molecular weight is 375 g/mol. The third-order valence-electron chi connectivity index (χ3n) is 3.84. The molecule has 0 aliphatic carbocycles. The van der Waals surface area contributed by atoms with E-state index in [1.165, 1.54) is 31.4 Å². The standard InChI is InChI=1S/C19H22FN3O4/c1-12(2)10-16(19(26)27-3)21-17(24)11-23-18(25)9-8-15(22-23)13-6-4-5-7-14(13)20/h4-9,12,16H,10-11H2,1-3H3,(H,21,24)/t16-/m1/s1. The highest BCUT2D eigenvalue weighted by Crippen LogP contribution is 2.18. The van der Waals surface area contributed by atoms with E-state index >= 15 is 0 Å². The average Bonchev–Trinajstić information content (AvgIpc) is 2.62. The number of esters is 1. The minimum absolute atomic E-state index is 0.152. The molecule has 7 nitrogen and oxygen atoms in total. The molecule has 0 aliphatic rings. The Morgan fingerprint density at radius 1 is 1.22 bits per heavy atom. The lowest BCUT2D eigenvalue weighted by molar-refractivity contribution is -0.145. The van der Waals surface area contributed by atoms with Crippen LogP contribution >= 0.6 is 0 Å². The number of ether oxygens (including phenoxy) is 1. The molecule has 27 heavy (non-hydrogen) atoms. The van der Waals surface area contributed by atoms with E-state index in [2.05, 4.69) is 10.4 Å². The molecule has 1 aromatic heterocycles. The van der Waals surface area contributed by atoms with Crippen LogP contribution in [0.25, 0.3) is 11.3 Å². The smallest absolute Gasteiger partial charge is 0.328 e. The van der Waals surface area contributed by atoms with Gasteiger partial charge in [0.2, 0.25) is 5.91 Å². The molecule has 0 fully saturated rings. The summed E-state index contributed by atoms with van der Waals surface area (Å²) < 4.78 is 19.6. The summed E-state index contributed by atoms with van der Waals surface area (Å²) in [5.41, 5.74) is -0.0604. The summed E-state index contributed by atoms with van der Waals surface area (Å²) >= 11 is 0. The SMILES string of the molecule is COC(=O)[C@@H](CC(C)C)NC(=O)Cn1nc(-c2ccccc2F)ccc1=O. The Morgan fingerprint density at radius 2 is 1.93 bits per heavy atom. The van der Waals surface area contributed by atoms with Crippen LogP contribution in [-0.2, 0) is 20.9 Å². The number of nitrogens with zero attached hydrogens (tertiary/aromatic N) is 2. The molecule has 0 spiro atoms. The Bertz CT molecular complexity index is 879. The van der Waals surface area contributed by atoms with Gasteiger partial charge in [-0.25, -0.2) is 13.9 Å². The molecule has 1 aromatic carbocycles. The van der Waals surface area contributed by atoms with E-state index < -0.39 is 35.8 Å². The van der Waals surface area contributed by atoms with Crippen molar-refractivity contribution >= 4 is 11.9 Å². The first kappa shape index (κ1) is 20.3. The van der Waals surface area contributed by atoms with Crippen LogP contribution in [0.4, 0.5) is 4.39 Å². The number of rotatable bonds is 7. The normalized spacial score (nSPS) is 11.9. The van der Waals surface area contributed by atoms with Crippen LogP contribution < -0.4 is 10.9 Å². The minimum Gasteiger partial charge on any atom is -0.467 e. The van der Waals surface area contributed by atoms with E-state index in [0.717, 1.165) is 4.68 Å². The topological polar surface area (TPSA) is 90.3 Å².